The fraction of sp³-hybridized carbons (Fsp3) is 0.467. The van der Waals surface area contributed by atoms with Gasteiger partial charge in [-0.3, -0.25) is 9.69 Å². The number of hydrogen-bond acceptors (Lipinski definition) is 4. The molecule has 0 radical (unpaired) electrons. The van der Waals surface area contributed by atoms with Crippen molar-refractivity contribution in [3.8, 4) is 0 Å². The summed E-state index contributed by atoms with van der Waals surface area (Å²) in [7, 11) is 0. The summed E-state index contributed by atoms with van der Waals surface area (Å²) in [5.41, 5.74) is 6.69. The molecule has 0 aliphatic carbocycles. The van der Waals surface area contributed by atoms with E-state index in [-0.39, 0.29) is 29.7 Å². The number of likely N-dealkylation sites (N-methyl/N-ethyl adjacent to an activating group) is 1. The number of nitrogen functional groups attached to an aromatic ring is 1. The lowest BCUT2D eigenvalue weighted by atomic mass is 10.0. The molecule has 0 spiro atoms. The Kier molecular flexibility index (Phi) is 6.17. The number of hydrogen-bond donors (Lipinski definition) is 3. The molecule has 1 aromatic carbocycles. The van der Waals surface area contributed by atoms with E-state index in [1.165, 1.54) is 0 Å². The third-order valence-corrected chi connectivity index (χ3v) is 3.05. The van der Waals surface area contributed by atoms with Crippen LogP contribution in [-0.2, 0) is 11.3 Å². The van der Waals surface area contributed by atoms with Crippen molar-refractivity contribution in [2.75, 3.05) is 18.8 Å². The van der Waals surface area contributed by atoms with Gasteiger partial charge in [-0.1, -0.05) is 19.1 Å². The Balaban J connectivity index is 2.85. The molecule has 0 heterocycles. The second-order valence-corrected chi connectivity index (χ2v) is 5.21. The van der Waals surface area contributed by atoms with Crippen LogP contribution in [-0.4, -0.2) is 41.0 Å². The number of nitrogens with one attached hydrogen (secondary N) is 1. The molecule has 6 heteroatoms. The van der Waals surface area contributed by atoms with Gasteiger partial charge in [0.15, 0.2) is 0 Å². The lowest BCUT2D eigenvalue weighted by molar-refractivity contribution is -0.122. The summed E-state index contributed by atoms with van der Waals surface area (Å²) >= 11 is 0. The molecule has 0 unspecified atom stereocenters. The Bertz CT molecular complexity index is 515. The first-order valence-electron chi connectivity index (χ1n) is 6.97. The van der Waals surface area contributed by atoms with Gasteiger partial charge < -0.3 is 16.2 Å². The predicted molar refractivity (Wildman–Crippen MR) is 82.0 cm³/mol. The second kappa shape index (κ2) is 7.64. The number of benzene rings is 1. The first-order valence-corrected chi connectivity index (χ1v) is 6.97. The van der Waals surface area contributed by atoms with Crippen LogP contribution in [0.2, 0.25) is 0 Å². The number of nitrogens with zero attached hydrogens (tertiary/aromatic N) is 1. The van der Waals surface area contributed by atoms with Gasteiger partial charge in [-0.25, -0.2) is 4.79 Å². The van der Waals surface area contributed by atoms with Crippen molar-refractivity contribution in [1.82, 2.24) is 10.2 Å². The number of anilines is 1. The van der Waals surface area contributed by atoms with E-state index in [4.69, 9.17) is 5.73 Å². The summed E-state index contributed by atoms with van der Waals surface area (Å²) in [6.45, 7) is 6.95. The second-order valence-electron chi connectivity index (χ2n) is 5.21. The van der Waals surface area contributed by atoms with E-state index in [0.29, 0.717) is 18.7 Å². The fourth-order valence-corrected chi connectivity index (χ4v) is 2.10. The summed E-state index contributed by atoms with van der Waals surface area (Å²) in [5.74, 6) is -1.13. The van der Waals surface area contributed by atoms with Gasteiger partial charge in [-0.2, -0.15) is 0 Å². The van der Waals surface area contributed by atoms with E-state index in [0.717, 1.165) is 0 Å². The van der Waals surface area contributed by atoms with Crippen LogP contribution >= 0.6 is 0 Å². The molecule has 0 fully saturated rings. The monoisotopic (exact) mass is 293 g/mol. The SMILES string of the molecule is CCN(CC(=O)NC(C)C)Cc1cccc(N)c1C(=O)O. The Morgan fingerprint density at radius 3 is 2.57 bits per heavy atom. The number of carbonyl (C=O) groups is 2. The molecule has 116 valence electrons. The Hall–Kier alpha value is -2.08. The summed E-state index contributed by atoms with van der Waals surface area (Å²) in [6.07, 6.45) is 0. The topological polar surface area (TPSA) is 95.7 Å². The Labute approximate surface area is 124 Å². The van der Waals surface area contributed by atoms with Crippen molar-refractivity contribution in [2.45, 2.75) is 33.4 Å². The molecule has 0 aliphatic heterocycles. The Morgan fingerprint density at radius 1 is 1.38 bits per heavy atom. The van der Waals surface area contributed by atoms with Gasteiger partial charge in [0.25, 0.3) is 0 Å². The third kappa shape index (κ3) is 5.07. The van der Waals surface area contributed by atoms with Gasteiger partial charge >= 0.3 is 5.97 Å². The van der Waals surface area contributed by atoms with Crippen molar-refractivity contribution < 1.29 is 14.7 Å². The average molecular weight is 293 g/mol. The van der Waals surface area contributed by atoms with Gasteiger partial charge in [-0.05, 0) is 32.0 Å². The van der Waals surface area contributed by atoms with E-state index >= 15 is 0 Å². The lowest BCUT2D eigenvalue weighted by Gasteiger charge is -2.22. The van der Waals surface area contributed by atoms with Crippen LogP contribution in [0.4, 0.5) is 5.69 Å². The molecule has 0 saturated carbocycles. The molecule has 1 aromatic rings. The van der Waals surface area contributed by atoms with Crippen LogP contribution < -0.4 is 11.1 Å². The van der Waals surface area contributed by atoms with Crippen molar-refractivity contribution in [3.05, 3.63) is 29.3 Å². The summed E-state index contributed by atoms with van der Waals surface area (Å²) in [5, 5.41) is 12.1. The van der Waals surface area contributed by atoms with Crippen LogP contribution in [0.3, 0.4) is 0 Å². The molecular weight excluding hydrogens is 270 g/mol. The smallest absolute Gasteiger partial charge is 0.338 e. The minimum atomic E-state index is -1.05. The molecule has 1 amide bonds. The zero-order chi connectivity index (χ0) is 16.0. The highest BCUT2D eigenvalue weighted by molar-refractivity contribution is 5.95. The van der Waals surface area contributed by atoms with Gasteiger partial charge in [-0.15, -0.1) is 0 Å². The van der Waals surface area contributed by atoms with Gasteiger partial charge in [0.05, 0.1) is 12.1 Å². The normalized spacial score (nSPS) is 10.9. The summed E-state index contributed by atoms with van der Waals surface area (Å²) in [6, 6.07) is 5.09. The molecule has 6 nitrogen and oxygen atoms in total. The maximum Gasteiger partial charge on any atom is 0.338 e. The van der Waals surface area contributed by atoms with Gasteiger partial charge in [0, 0.05) is 18.3 Å². The largest absolute Gasteiger partial charge is 0.478 e. The van der Waals surface area contributed by atoms with Gasteiger partial charge in [0.1, 0.15) is 0 Å². The van der Waals surface area contributed by atoms with Crippen molar-refractivity contribution in [2.24, 2.45) is 0 Å². The highest BCUT2D eigenvalue weighted by Crippen LogP contribution is 2.18. The Morgan fingerprint density at radius 2 is 2.05 bits per heavy atom. The predicted octanol–water partition coefficient (Wildman–Crippen LogP) is 1.31. The summed E-state index contributed by atoms with van der Waals surface area (Å²) in [4.78, 5) is 25.0. The van der Waals surface area contributed by atoms with E-state index in [1.807, 2.05) is 25.7 Å². The van der Waals surface area contributed by atoms with Crippen molar-refractivity contribution in [3.63, 3.8) is 0 Å². The highest BCUT2D eigenvalue weighted by atomic mass is 16.4. The van der Waals surface area contributed by atoms with E-state index in [2.05, 4.69) is 5.32 Å². The lowest BCUT2D eigenvalue weighted by Crippen LogP contribution is -2.40. The molecule has 4 N–H and O–H groups in total. The number of carbonyl (C=O) groups excluding carboxylic acids is 1. The maximum atomic E-state index is 11.8. The first kappa shape index (κ1) is 17.0. The molecule has 1 rings (SSSR count). The molecule has 0 aromatic heterocycles. The molecule has 0 atom stereocenters. The molecule has 0 saturated heterocycles. The van der Waals surface area contributed by atoms with Gasteiger partial charge in [0.2, 0.25) is 5.91 Å². The fourth-order valence-electron chi connectivity index (χ4n) is 2.10. The molecular formula is C15H23N3O3. The number of amides is 1. The first-order chi connectivity index (χ1) is 9.85. The zero-order valence-electron chi connectivity index (χ0n) is 12.7. The number of rotatable bonds is 7. The minimum absolute atomic E-state index is 0.0763. The molecule has 0 bridgehead atoms. The van der Waals surface area contributed by atoms with E-state index in [9.17, 15) is 14.7 Å². The van der Waals surface area contributed by atoms with Crippen molar-refractivity contribution in [1.29, 1.82) is 0 Å². The standard InChI is InChI=1S/C15H23N3O3/c1-4-18(9-13(19)17-10(2)3)8-11-6-5-7-12(16)14(11)15(20)21/h5-7,10H,4,8-9,16H2,1-3H3,(H,17,19)(H,20,21). The van der Waals surface area contributed by atoms with Crippen LogP contribution in [0.5, 0.6) is 0 Å². The molecule has 21 heavy (non-hydrogen) atoms. The number of carboxylic acids is 1. The quantitative estimate of drug-likeness (QED) is 0.659. The van der Waals surface area contributed by atoms with Crippen LogP contribution in [0.15, 0.2) is 18.2 Å². The maximum absolute atomic E-state index is 11.8. The molecule has 0 aliphatic rings. The van der Waals surface area contributed by atoms with Crippen LogP contribution in [0, 0.1) is 0 Å². The highest BCUT2D eigenvalue weighted by Gasteiger charge is 2.17. The van der Waals surface area contributed by atoms with E-state index in [1.54, 1.807) is 18.2 Å². The zero-order valence-corrected chi connectivity index (χ0v) is 12.7. The van der Waals surface area contributed by atoms with E-state index < -0.39 is 5.97 Å². The average Bonchev–Trinajstić information content (AvgIpc) is 2.36. The number of aromatic carboxylic acids is 1. The number of carboxylic acid groups (broad SMARTS) is 1. The van der Waals surface area contributed by atoms with Crippen LogP contribution in [0.25, 0.3) is 0 Å². The van der Waals surface area contributed by atoms with Crippen LogP contribution in [0.1, 0.15) is 36.7 Å². The van der Waals surface area contributed by atoms with Crippen molar-refractivity contribution >= 4 is 17.6 Å². The minimum Gasteiger partial charge on any atom is -0.478 e. The third-order valence-electron chi connectivity index (χ3n) is 3.05. The number of nitrogens with two attached hydrogens (primary N) is 1. The summed E-state index contributed by atoms with van der Waals surface area (Å²) < 4.78 is 0.